The van der Waals surface area contributed by atoms with E-state index in [0.29, 0.717) is 11.2 Å². The average Bonchev–Trinajstić information content (AvgIpc) is 3.17. The number of imidazole rings is 1. The zero-order valence-electron chi connectivity index (χ0n) is 13.5. The zero-order chi connectivity index (χ0) is 17.1. The number of aromatic nitrogens is 4. The molecular formula is C14H19N5O5. The largest absolute Gasteiger partial charge is 0.467 e. The highest BCUT2D eigenvalue weighted by Gasteiger charge is 2.56. The Kier molecular flexibility index (Phi) is 3.39. The van der Waals surface area contributed by atoms with Gasteiger partial charge in [0.05, 0.1) is 20.0 Å². The molecule has 10 nitrogen and oxygen atoms in total. The van der Waals surface area contributed by atoms with Crippen molar-refractivity contribution in [1.82, 2.24) is 19.5 Å². The minimum absolute atomic E-state index is 0.138. The Morgan fingerprint density at radius 1 is 1.33 bits per heavy atom. The van der Waals surface area contributed by atoms with Crippen LogP contribution in [0.4, 0.5) is 5.82 Å². The summed E-state index contributed by atoms with van der Waals surface area (Å²) in [6.45, 7) is 3.47. The smallest absolute Gasteiger partial charge is 0.320 e. The van der Waals surface area contributed by atoms with Crippen LogP contribution < -0.4 is 10.5 Å². The predicted octanol–water partition coefficient (Wildman–Crippen LogP) is -0.173. The minimum Gasteiger partial charge on any atom is -0.467 e. The van der Waals surface area contributed by atoms with Gasteiger partial charge in [0.15, 0.2) is 29.0 Å². The topological polar surface area (TPSA) is 127 Å². The highest BCUT2D eigenvalue weighted by molar-refractivity contribution is 5.82. The highest BCUT2D eigenvalue weighted by Crippen LogP contribution is 2.43. The summed E-state index contributed by atoms with van der Waals surface area (Å²) in [6.07, 6.45) is -0.283. The van der Waals surface area contributed by atoms with E-state index >= 15 is 0 Å². The summed E-state index contributed by atoms with van der Waals surface area (Å²) >= 11 is 0. The van der Waals surface area contributed by atoms with Crippen molar-refractivity contribution in [2.75, 3.05) is 19.5 Å². The molecule has 24 heavy (non-hydrogen) atoms. The number of rotatable bonds is 3. The second-order valence-corrected chi connectivity index (χ2v) is 6.23. The van der Waals surface area contributed by atoms with Crippen LogP contribution in [-0.4, -0.2) is 62.4 Å². The van der Waals surface area contributed by atoms with Gasteiger partial charge in [-0.2, -0.15) is 9.97 Å². The monoisotopic (exact) mass is 337 g/mol. The molecular weight excluding hydrogens is 318 g/mol. The number of nitrogens with two attached hydrogens (primary N) is 1. The maximum Gasteiger partial charge on any atom is 0.320 e. The molecule has 2 aliphatic rings. The quantitative estimate of drug-likeness (QED) is 0.784. The van der Waals surface area contributed by atoms with Crippen LogP contribution in [0.2, 0.25) is 0 Å². The third-order valence-electron chi connectivity index (χ3n) is 4.19. The zero-order valence-corrected chi connectivity index (χ0v) is 13.5. The fraction of sp³-hybridized carbons (Fsp3) is 0.643. The summed E-state index contributed by atoms with van der Waals surface area (Å²) in [5.41, 5.74) is 6.82. The molecule has 2 aliphatic heterocycles. The molecule has 0 aliphatic carbocycles. The fourth-order valence-electron chi connectivity index (χ4n) is 3.23. The highest BCUT2D eigenvalue weighted by atomic mass is 16.8. The number of fused-ring (bicyclic) bond motifs is 2. The molecule has 4 atom stereocenters. The number of aliphatic hydroxyl groups excluding tert-OH is 1. The second kappa shape index (κ2) is 5.24. The van der Waals surface area contributed by atoms with Gasteiger partial charge in [-0.15, -0.1) is 0 Å². The van der Waals surface area contributed by atoms with Crippen molar-refractivity contribution in [1.29, 1.82) is 0 Å². The summed E-state index contributed by atoms with van der Waals surface area (Å²) in [6, 6.07) is 0.138. The fourth-order valence-corrected chi connectivity index (χ4v) is 3.23. The van der Waals surface area contributed by atoms with Crippen molar-refractivity contribution >= 4 is 17.0 Å². The van der Waals surface area contributed by atoms with Gasteiger partial charge in [-0.25, -0.2) is 4.98 Å². The minimum atomic E-state index is -0.757. The van der Waals surface area contributed by atoms with E-state index < -0.39 is 24.2 Å². The molecule has 0 radical (unpaired) electrons. The average molecular weight is 337 g/mol. The first-order valence-corrected chi connectivity index (χ1v) is 7.59. The standard InChI is InChI=1S/C14H19N5O5/c1-14(2)23-8-6(4-20)22-12(9(8)24-14)19-5-16-7-10(15)17-13(21-3)18-11(7)19/h5-6,8-9,12,20H,4H2,1-3H3,(H2,15,17,18)/t6-,8?,9?,12-/m1/s1. The molecule has 2 unspecified atom stereocenters. The van der Waals surface area contributed by atoms with Crippen LogP contribution in [0, 0.1) is 0 Å². The van der Waals surface area contributed by atoms with Crippen molar-refractivity contribution in [3.8, 4) is 6.01 Å². The molecule has 2 aromatic rings. The van der Waals surface area contributed by atoms with Crippen molar-refractivity contribution < 1.29 is 24.1 Å². The van der Waals surface area contributed by atoms with Crippen molar-refractivity contribution in [2.45, 2.75) is 44.2 Å². The molecule has 2 fully saturated rings. The van der Waals surface area contributed by atoms with Gasteiger partial charge in [-0.3, -0.25) is 4.57 Å². The molecule has 0 amide bonds. The van der Waals surface area contributed by atoms with Crippen molar-refractivity contribution in [3.05, 3.63) is 6.33 Å². The van der Waals surface area contributed by atoms with E-state index in [1.54, 1.807) is 10.9 Å². The lowest BCUT2D eigenvalue weighted by Gasteiger charge is -2.24. The number of aliphatic hydroxyl groups is 1. The van der Waals surface area contributed by atoms with E-state index in [9.17, 15) is 5.11 Å². The lowest BCUT2D eigenvalue weighted by molar-refractivity contribution is -0.199. The van der Waals surface area contributed by atoms with Crippen molar-refractivity contribution in [2.24, 2.45) is 0 Å². The van der Waals surface area contributed by atoms with E-state index in [-0.39, 0.29) is 24.5 Å². The van der Waals surface area contributed by atoms with Crippen molar-refractivity contribution in [3.63, 3.8) is 0 Å². The first kappa shape index (κ1) is 15.5. The molecule has 130 valence electrons. The maximum atomic E-state index is 9.59. The van der Waals surface area contributed by atoms with E-state index in [1.165, 1.54) is 7.11 Å². The lowest BCUT2D eigenvalue weighted by Crippen LogP contribution is -2.31. The number of nitrogens with zero attached hydrogens (tertiary/aromatic N) is 4. The molecule has 10 heteroatoms. The molecule has 2 saturated heterocycles. The number of methoxy groups -OCH3 is 1. The SMILES string of the molecule is COc1nc(N)c2ncn([C@@H]3O[C@H](CO)C4OC(C)(C)OC43)c2n1. The lowest BCUT2D eigenvalue weighted by atomic mass is 10.1. The Morgan fingerprint density at radius 2 is 2.08 bits per heavy atom. The van der Waals surface area contributed by atoms with Crippen LogP contribution in [0.1, 0.15) is 20.1 Å². The van der Waals surface area contributed by atoms with E-state index in [4.69, 9.17) is 24.7 Å². The van der Waals surface area contributed by atoms with Gasteiger partial charge in [0, 0.05) is 0 Å². The Balaban J connectivity index is 1.78. The van der Waals surface area contributed by atoms with E-state index in [1.807, 2.05) is 13.8 Å². The van der Waals surface area contributed by atoms with Crippen LogP contribution in [0.25, 0.3) is 11.2 Å². The molecule has 2 aromatic heterocycles. The number of hydrogen-bond donors (Lipinski definition) is 2. The van der Waals surface area contributed by atoms with Gasteiger partial charge in [0.25, 0.3) is 0 Å². The molecule has 0 saturated carbocycles. The summed E-state index contributed by atoms with van der Waals surface area (Å²) in [7, 11) is 1.46. The Morgan fingerprint density at radius 3 is 2.79 bits per heavy atom. The Hall–Kier alpha value is -2.01. The normalized spacial score (nSPS) is 31.5. The van der Waals surface area contributed by atoms with Gasteiger partial charge in [0.1, 0.15) is 18.3 Å². The van der Waals surface area contributed by atoms with E-state index in [2.05, 4.69) is 15.0 Å². The third-order valence-corrected chi connectivity index (χ3v) is 4.19. The summed E-state index contributed by atoms with van der Waals surface area (Å²) < 4.78 is 24.5. The Bertz CT molecular complexity index is 778. The van der Waals surface area contributed by atoms with Crippen LogP contribution in [0.3, 0.4) is 0 Å². The summed E-state index contributed by atoms with van der Waals surface area (Å²) in [5, 5.41) is 9.59. The molecule has 0 spiro atoms. The van der Waals surface area contributed by atoms with Gasteiger partial charge in [-0.1, -0.05) is 0 Å². The molecule has 4 heterocycles. The van der Waals surface area contributed by atoms with Crippen LogP contribution in [-0.2, 0) is 14.2 Å². The number of hydrogen-bond acceptors (Lipinski definition) is 9. The van der Waals surface area contributed by atoms with Gasteiger partial charge < -0.3 is 29.8 Å². The van der Waals surface area contributed by atoms with Crippen LogP contribution in [0.15, 0.2) is 6.33 Å². The number of anilines is 1. The van der Waals surface area contributed by atoms with Crippen LogP contribution in [0.5, 0.6) is 6.01 Å². The first-order valence-electron chi connectivity index (χ1n) is 7.59. The first-order chi connectivity index (χ1) is 11.4. The third kappa shape index (κ3) is 2.22. The van der Waals surface area contributed by atoms with Gasteiger partial charge >= 0.3 is 6.01 Å². The summed E-state index contributed by atoms with van der Waals surface area (Å²) in [5.74, 6) is -0.542. The maximum absolute atomic E-state index is 9.59. The second-order valence-electron chi connectivity index (χ2n) is 6.23. The number of nitrogen functional groups attached to an aromatic ring is 1. The summed E-state index contributed by atoms with van der Waals surface area (Å²) in [4.78, 5) is 12.6. The van der Waals surface area contributed by atoms with Crippen LogP contribution >= 0.6 is 0 Å². The van der Waals surface area contributed by atoms with E-state index in [0.717, 1.165) is 0 Å². The predicted molar refractivity (Wildman–Crippen MR) is 81.1 cm³/mol. The molecule has 0 bridgehead atoms. The molecule has 4 rings (SSSR count). The molecule has 0 aromatic carbocycles. The number of ether oxygens (including phenoxy) is 4. The molecule has 3 N–H and O–H groups in total. The Labute approximate surface area is 137 Å². The van der Waals surface area contributed by atoms with Gasteiger partial charge in [-0.05, 0) is 13.8 Å². The van der Waals surface area contributed by atoms with Gasteiger partial charge in [0.2, 0.25) is 0 Å².